The van der Waals surface area contributed by atoms with Crippen LogP contribution in [0.1, 0.15) is 76.8 Å². The van der Waals surface area contributed by atoms with Crippen LogP contribution in [0.2, 0.25) is 0 Å². The van der Waals surface area contributed by atoms with Crippen LogP contribution in [0.3, 0.4) is 0 Å². The van der Waals surface area contributed by atoms with Crippen molar-refractivity contribution in [2.24, 2.45) is 5.92 Å². The average Bonchev–Trinajstić information content (AvgIpc) is 3.38. The molecule has 1 aromatic carbocycles. The van der Waals surface area contributed by atoms with Gasteiger partial charge in [0.25, 0.3) is 5.60 Å². The Morgan fingerprint density at radius 2 is 1.71 bits per heavy atom. The molecule has 0 radical (unpaired) electrons. The summed E-state index contributed by atoms with van der Waals surface area (Å²) >= 11 is 0. The predicted molar refractivity (Wildman–Crippen MR) is 180 cm³/mol. The molecule has 310 valence electrons. The number of ether oxygens (including phenoxy) is 2. The molecule has 0 aromatic heterocycles. The van der Waals surface area contributed by atoms with Crippen molar-refractivity contribution >= 4 is 29.9 Å². The van der Waals surface area contributed by atoms with E-state index in [1.54, 1.807) is 32.9 Å². The number of fused-ring (bicyclic) bond motifs is 3. The van der Waals surface area contributed by atoms with Crippen molar-refractivity contribution in [1.29, 1.82) is 0 Å². The quantitative estimate of drug-likeness (QED) is 0.249. The van der Waals surface area contributed by atoms with Gasteiger partial charge in [-0.2, -0.15) is 26.3 Å². The van der Waals surface area contributed by atoms with E-state index in [1.807, 2.05) is 0 Å². The van der Waals surface area contributed by atoms with E-state index in [1.165, 1.54) is 28.4 Å². The number of aliphatic hydroxyl groups is 1. The summed E-state index contributed by atoms with van der Waals surface area (Å²) in [5.74, 6) is -4.70. The standard InChI is InChI=1S/C36H44F7N5O8/c1-32(2,3)56-30(52)45-25-13-8-6-4-5-7-11-21-15-33(21,29(51)44-19-34(54,35(38,39)40)36(41,42)43)46-27(49)26-14-22(17-48(26)28(25)50)55-31(53)47-16-20-10-9-12-24(37)23(20)18-47/h7,9-12,21-22,25-26,54H,4-6,8,13-19H2,1-3H3,(H,44,51)(H,45,52)(H,46,49)/b11-7-/t21-,22+,25-,26-,33+/m0/s1. The van der Waals surface area contributed by atoms with E-state index in [2.05, 4.69) is 10.6 Å². The smallest absolute Gasteiger partial charge is 0.428 e. The van der Waals surface area contributed by atoms with Gasteiger partial charge in [-0.1, -0.05) is 37.1 Å². The van der Waals surface area contributed by atoms with Crippen molar-refractivity contribution in [2.45, 2.75) is 126 Å². The summed E-state index contributed by atoms with van der Waals surface area (Å²) in [5.41, 5.74) is -7.49. The van der Waals surface area contributed by atoms with Crippen molar-refractivity contribution in [1.82, 2.24) is 25.8 Å². The highest BCUT2D eigenvalue weighted by Gasteiger charge is 2.71. The van der Waals surface area contributed by atoms with E-state index in [-0.39, 0.29) is 37.9 Å². The number of carbonyl (C=O) groups is 5. The lowest BCUT2D eigenvalue weighted by molar-refractivity contribution is -0.364. The van der Waals surface area contributed by atoms with Gasteiger partial charge < -0.3 is 35.4 Å². The fourth-order valence-corrected chi connectivity index (χ4v) is 7.07. The lowest BCUT2D eigenvalue weighted by atomic mass is 10.0. The fraction of sp³-hybridized carbons (Fsp3) is 0.639. The first-order chi connectivity index (χ1) is 26.0. The molecule has 1 aromatic rings. The summed E-state index contributed by atoms with van der Waals surface area (Å²) in [6.45, 7) is 2.02. The van der Waals surface area contributed by atoms with Gasteiger partial charge in [0.05, 0.1) is 19.6 Å². The third-order valence-corrected chi connectivity index (χ3v) is 10.2. The number of nitrogens with zero attached hydrogens (tertiary/aromatic N) is 2. The Labute approximate surface area is 317 Å². The second-order valence-electron chi connectivity index (χ2n) is 15.6. The number of carbonyl (C=O) groups excluding carboxylic acids is 5. The summed E-state index contributed by atoms with van der Waals surface area (Å²) in [6.07, 6.45) is -10.8. The molecule has 1 saturated heterocycles. The van der Waals surface area contributed by atoms with Gasteiger partial charge in [0.2, 0.25) is 17.7 Å². The van der Waals surface area contributed by atoms with Gasteiger partial charge in [-0.25, -0.2) is 14.0 Å². The highest BCUT2D eigenvalue weighted by atomic mass is 19.4. The number of rotatable bonds is 5. The lowest BCUT2D eigenvalue weighted by Gasteiger charge is -2.33. The molecule has 1 aliphatic carbocycles. The molecule has 2 fully saturated rings. The lowest BCUT2D eigenvalue weighted by Crippen LogP contribution is -2.65. The van der Waals surface area contributed by atoms with Crippen molar-refractivity contribution in [3.63, 3.8) is 0 Å². The van der Waals surface area contributed by atoms with E-state index in [4.69, 9.17) is 9.47 Å². The van der Waals surface area contributed by atoms with E-state index < -0.39 is 102 Å². The minimum absolute atomic E-state index is 0.0113. The van der Waals surface area contributed by atoms with Gasteiger partial charge in [0, 0.05) is 24.4 Å². The molecule has 4 N–H and O–H groups in total. The van der Waals surface area contributed by atoms with Crippen LogP contribution in [0.15, 0.2) is 30.4 Å². The van der Waals surface area contributed by atoms with Crippen LogP contribution in [-0.4, -0.2) is 105 Å². The summed E-state index contributed by atoms with van der Waals surface area (Å²) in [6, 6.07) is 1.59. The molecule has 5 amide bonds. The van der Waals surface area contributed by atoms with Gasteiger partial charge in [-0.15, -0.1) is 0 Å². The Morgan fingerprint density at radius 3 is 2.36 bits per heavy atom. The Morgan fingerprint density at radius 1 is 1.02 bits per heavy atom. The largest absolute Gasteiger partial charge is 0.444 e. The van der Waals surface area contributed by atoms with E-state index in [0.29, 0.717) is 31.2 Å². The first-order valence-electron chi connectivity index (χ1n) is 18.1. The molecule has 0 unspecified atom stereocenters. The normalized spacial score (nSPS) is 26.8. The van der Waals surface area contributed by atoms with Crippen LogP contribution in [0.5, 0.6) is 0 Å². The number of halogens is 7. The minimum Gasteiger partial charge on any atom is -0.444 e. The molecule has 5 rings (SSSR count). The van der Waals surface area contributed by atoms with Gasteiger partial charge >= 0.3 is 24.5 Å². The van der Waals surface area contributed by atoms with E-state index >= 15 is 0 Å². The Balaban J connectivity index is 1.42. The van der Waals surface area contributed by atoms with Gasteiger partial charge in [-0.3, -0.25) is 19.3 Å². The maximum Gasteiger partial charge on any atom is 0.428 e. The molecule has 13 nitrogen and oxygen atoms in total. The van der Waals surface area contributed by atoms with E-state index in [9.17, 15) is 59.8 Å². The van der Waals surface area contributed by atoms with Gasteiger partial charge in [-0.05, 0) is 58.1 Å². The number of allylic oxidation sites excluding steroid dienone is 1. The molecule has 4 aliphatic rings. The highest BCUT2D eigenvalue weighted by molar-refractivity contribution is 5.98. The van der Waals surface area contributed by atoms with Crippen molar-refractivity contribution < 1.29 is 69.3 Å². The third-order valence-electron chi connectivity index (χ3n) is 10.2. The molecular formula is C36H44F7N5O8. The van der Waals surface area contributed by atoms with E-state index in [0.717, 1.165) is 4.90 Å². The first kappa shape index (κ1) is 42.5. The molecular weight excluding hydrogens is 763 g/mol. The fourth-order valence-electron chi connectivity index (χ4n) is 7.07. The molecule has 3 heterocycles. The molecule has 56 heavy (non-hydrogen) atoms. The zero-order chi connectivity index (χ0) is 41.4. The number of hydrogen-bond acceptors (Lipinski definition) is 8. The maximum atomic E-state index is 14.4. The predicted octanol–water partition coefficient (Wildman–Crippen LogP) is 4.51. The van der Waals surface area contributed by atoms with Crippen LogP contribution < -0.4 is 16.0 Å². The number of alkyl carbamates (subject to hydrolysis) is 1. The minimum atomic E-state index is -6.23. The van der Waals surface area contributed by atoms with Crippen LogP contribution in [0.4, 0.5) is 40.3 Å². The monoisotopic (exact) mass is 807 g/mol. The Bertz CT molecular complexity index is 1720. The van der Waals surface area contributed by atoms with Gasteiger partial charge in [0.15, 0.2) is 0 Å². The zero-order valence-electron chi connectivity index (χ0n) is 30.8. The van der Waals surface area contributed by atoms with Crippen molar-refractivity contribution in [2.75, 3.05) is 13.1 Å². The van der Waals surface area contributed by atoms with Crippen molar-refractivity contribution in [3.05, 3.63) is 47.3 Å². The van der Waals surface area contributed by atoms with Crippen LogP contribution in [-0.2, 0) is 36.9 Å². The Hall–Kier alpha value is -4.62. The highest BCUT2D eigenvalue weighted by Crippen LogP contribution is 2.47. The topological polar surface area (TPSA) is 167 Å². The number of hydrogen-bond donors (Lipinski definition) is 4. The second-order valence-corrected chi connectivity index (χ2v) is 15.6. The number of benzene rings is 1. The Kier molecular flexibility index (Phi) is 11.9. The second kappa shape index (κ2) is 15.7. The van der Waals surface area contributed by atoms with Crippen LogP contribution in [0.25, 0.3) is 0 Å². The number of amides is 5. The third kappa shape index (κ3) is 9.15. The van der Waals surface area contributed by atoms with Gasteiger partial charge in [0.1, 0.15) is 35.1 Å². The number of nitrogens with one attached hydrogen (secondary N) is 3. The van der Waals surface area contributed by atoms with Crippen molar-refractivity contribution in [3.8, 4) is 0 Å². The molecule has 1 saturated carbocycles. The first-order valence-corrected chi connectivity index (χ1v) is 18.1. The summed E-state index contributed by atoms with van der Waals surface area (Å²) in [5, 5.41) is 16.1. The maximum absolute atomic E-state index is 14.4. The summed E-state index contributed by atoms with van der Waals surface area (Å²) in [7, 11) is 0. The molecule has 0 spiro atoms. The number of alkyl halides is 6. The average molecular weight is 808 g/mol. The zero-order valence-corrected chi connectivity index (χ0v) is 30.8. The molecule has 5 atom stereocenters. The SMILES string of the molecule is CC(C)(C)OC(=O)N[C@H]1CCCCC/C=C\[C@H]2C[C@@]2(C(=O)NCC(O)(C(F)(F)F)C(F)(F)F)NC(=O)[C@@H]2C[C@@H](OC(=O)N3Cc4cccc(F)c4C3)CN2C1=O. The van der Waals surface area contributed by atoms with Crippen LogP contribution >= 0.6 is 0 Å². The molecule has 3 aliphatic heterocycles. The molecule has 0 bridgehead atoms. The summed E-state index contributed by atoms with van der Waals surface area (Å²) in [4.78, 5) is 70.2. The molecule has 20 heteroatoms. The summed E-state index contributed by atoms with van der Waals surface area (Å²) < 4.78 is 106. The van der Waals surface area contributed by atoms with Crippen LogP contribution in [0, 0.1) is 11.7 Å².